The summed E-state index contributed by atoms with van der Waals surface area (Å²) < 4.78 is 5.69. The second-order valence-corrected chi connectivity index (χ2v) is 7.00. The van der Waals surface area contributed by atoms with Crippen LogP contribution >= 0.6 is 15.9 Å². The van der Waals surface area contributed by atoms with Gasteiger partial charge in [-0.1, -0.05) is 35.8 Å². The molecule has 3 nitrogen and oxygen atoms in total. The summed E-state index contributed by atoms with van der Waals surface area (Å²) in [4.78, 5) is 11.5. The maximum atomic E-state index is 11.5. The summed E-state index contributed by atoms with van der Waals surface area (Å²) in [6.07, 6.45) is 3.81. The summed E-state index contributed by atoms with van der Waals surface area (Å²) in [6.45, 7) is 5.52. The molecule has 0 amide bonds. The zero-order valence-corrected chi connectivity index (χ0v) is 14.6. The highest BCUT2D eigenvalue weighted by Gasteiger charge is 2.24. The Hall–Kier alpha value is -0.870. The predicted molar refractivity (Wildman–Crippen MR) is 88.3 cm³/mol. The Morgan fingerprint density at radius 3 is 2.71 bits per heavy atom. The van der Waals surface area contributed by atoms with E-state index in [0.717, 1.165) is 22.9 Å². The SMILES string of the molecule is COC(=O)c1ccc(CNC2CCC(C)C(C)C2)c(Br)c1. The molecule has 1 aromatic carbocycles. The number of rotatable bonds is 4. The van der Waals surface area contributed by atoms with Gasteiger partial charge in [-0.05, 0) is 48.8 Å². The van der Waals surface area contributed by atoms with Crippen molar-refractivity contribution in [1.82, 2.24) is 5.32 Å². The molecule has 0 spiro atoms. The molecule has 1 aliphatic carbocycles. The number of carbonyl (C=O) groups is 1. The molecule has 2 rings (SSSR count). The van der Waals surface area contributed by atoms with E-state index in [4.69, 9.17) is 4.74 Å². The molecule has 0 radical (unpaired) electrons. The van der Waals surface area contributed by atoms with Gasteiger partial charge in [0.25, 0.3) is 0 Å². The van der Waals surface area contributed by atoms with E-state index in [0.29, 0.717) is 11.6 Å². The van der Waals surface area contributed by atoms with Crippen molar-refractivity contribution in [2.75, 3.05) is 7.11 Å². The fourth-order valence-corrected chi connectivity index (χ4v) is 3.44. The Morgan fingerprint density at radius 2 is 2.10 bits per heavy atom. The Kier molecular flexibility index (Phi) is 5.82. The van der Waals surface area contributed by atoms with Crippen LogP contribution in [0.4, 0.5) is 0 Å². The van der Waals surface area contributed by atoms with Crippen molar-refractivity contribution in [1.29, 1.82) is 0 Å². The van der Waals surface area contributed by atoms with Crippen LogP contribution in [0.2, 0.25) is 0 Å². The van der Waals surface area contributed by atoms with E-state index < -0.39 is 0 Å². The lowest BCUT2D eigenvalue weighted by Crippen LogP contribution is -2.35. The molecule has 0 aromatic heterocycles. The first-order chi connectivity index (χ1) is 10.0. The van der Waals surface area contributed by atoms with Crippen molar-refractivity contribution in [3.05, 3.63) is 33.8 Å². The van der Waals surface area contributed by atoms with Crippen LogP contribution in [0.15, 0.2) is 22.7 Å². The molecular formula is C17H24BrNO2. The molecule has 1 fully saturated rings. The van der Waals surface area contributed by atoms with Gasteiger partial charge in [0.05, 0.1) is 12.7 Å². The third-order valence-electron chi connectivity index (χ3n) is 4.65. The summed E-state index contributed by atoms with van der Waals surface area (Å²) in [6, 6.07) is 6.23. The summed E-state index contributed by atoms with van der Waals surface area (Å²) >= 11 is 3.54. The molecule has 0 bridgehead atoms. The first-order valence-corrected chi connectivity index (χ1v) is 8.40. The molecule has 0 heterocycles. The number of nitrogens with one attached hydrogen (secondary N) is 1. The lowest BCUT2D eigenvalue weighted by Gasteiger charge is -2.32. The Morgan fingerprint density at radius 1 is 1.33 bits per heavy atom. The maximum absolute atomic E-state index is 11.5. The third-order valence-corrected chi connectivity index (χ3v) is 5.39. The van der Waals surface area contributed by atoms with Crippen LogP contribution in [0.1, 0.15) is 49.0 Å². The minimum atomic E-state index is -0.301. The first-order valence-electron chi connectivity index (χ1n) is 7.61. The van der Waals surface area contributed by atoms with Crippen LogP contribution in [0, 0.1) is 11.8 Å². The van der Waals surface area contributed by atoms with E-state index in [1.807, 2.05) is 18.2 Å². The number of halogens is 1. The number of esters is 1. The van der Waals surface area contributed by atoms with Crippen molar-refractivity contribution in [3.63, 3.8) is 0 Å². The van der Waals surface area contributed by atoms with Gasteiger partial charge in [0.1, 0.15) is 0 Å². The highest BCUT2D eigenvalue weighted by atomic mass is 79.9. The number of methoxy groups -OCH3 is 1. The molecule has 3 unspecified atom stereocenters. The van der Waals surface area contributed by atoms with Crippen LogP contribution in [0.3, 0.4) is 0 Å². The molecule has 0 aliphatic heterocycles. The highest BCUT2D eigenvalue weighted by Crippen LogP contribution is 2.29. The quantitative estimate of drug-likeness (QED) is 0.826. The fourth-order valence-electron chi connectivity index (χ4n) is 2.92. The van der Waals surface area contributed by atoms with Crippen molar-refractivity contribution < 1.29 is 9.53 Å². The van der Waals surface area contributed by atoms with E-state index in [-0.39, 0.29) is 5.97 Å². The molecule has 1 saturated carbocycles. The van der Waals surface area contributed by atoms with Gasteiger partial charge in [-0.2, -0.15) is 0 Å². The van der Waals surface area contributed by atoms with Crippen LogP contribution in [0.25, 0.3) is 0 Å². The van der Waals surface area contributed by atoms with E-state index in [1.165, 1.54) is 31.9 Å². The first kappa shape index (κ1) is 16.5. The molecule has 1 aromatic rings. The summed E-state index contributed by atoms with van der Waals surface area (Å²) in [7, 11) is 1.40. The van der Waals surface area contributed by atoms with Gasteiger partial charge >= 0.3 is 5.97 Å². The number of hydrogen-bond acceptors (Lipinski definition) is 3. The van der Waals surface area contributed by atoms with Crippen molar-refractivity contribution in [2.45, 2.75) is 45.7 Å². The van der Waals surface area contributed by atoms with Gasteiger partial charge < -0.3 is 10.1 Å². The number of hydrogen-bond donors (Lipinski definition) is 1. The van der Waals surface area contributed by atoms with Gasteiger partial charge in [0.15, 0.2) is 0 Å². The maximum Gasteiger partial charge on any atom is 0.337 e. The molecule has 116 valence electrons. The molecule has 3 atom stereocenters. The fraction of sp³-hybridized carbons (Fsp3) is 0.588. The molecule has 1 N–H and O–H groups in total. The average Bonchev–Trinajstić information content (AvgIpc) is 2.48. The topological polar surface area (TPSA) is 38.3 Å². The summed E-state index contributed by atoms with van der Waals surface area (Å²) in [5, 5.41) is 3.65. The van der Waals surface area contributed by atoms with Gasteiger partial charge in [-0.25, -0.2) is 4.79 Å². The standard InChI is InChI=1S/C17H24BrNO2/c1-11-4-7-15(8-12(11)2)19-10-14-6-5-13(9-16(14)18)17(20)21-3/h5-6,9,11-12,15,19H,4,7-8,10H2,1-3H3. The zero-order valence-electron chi connectivity index (χ0n) is 13.0. The van der Waals surface area contributed by atoms with E-state index >= 15 is 0 Å². The minimum Gasteiger partial charge on any atom is -0.465 e. The Labute approximate surface area is 135 Å². The predicted octanol–water partition coefficient (Wildman–Crippen LogP) is 4.15. The van der Waals surface area contributed by atoms with E-state index in [2.05, 4.69) is 35.1 Å². The van der Waals surface area contributed by atoms with Gasteiger partial charge in [-0.3, -0.25) is 0 Å². The van der Waals surface area contributed by atoms with Crippen LogP contribution < -0.4 is 5.32 Å². The van der Waals surface area contributed by atoms with E-state index in [1.54, 1.807) is 0 Å². The number of carbonyl (C=O) groups excluding carboxylic acids is 1. The zero-order chi connectivity index (χ0) is 15.4. The van der Waals surface area contributed by atoms with Crippen molar-refractivity contribution in [2.24, 2.45) is 11.8 Å². The summed E-state index contributed by atoms with van der Waals surface area (Å²) in [5.74, 6) is 1.33. The normalized spacial score (nSPS) is 25.6. The van der Waals surface area contributed by atoms with Crippen LogP contribution in [0.5, 0.6) is 0 Å². The molecule has 0 saturated heterocycles. The lowest BCUT2D eigenvalue weighted by molar-refractivity contribution is 0.0600. The monoisotopic (exact) mass is 353 g/mol. The lowest BCUT2D eigenvalue weighted by atomic mass is 9.79. The van der Waals surface area contributed by atoms with Gasteiger partial charge in [-0.15, -0.1) is 0 Å². The van der Waals surface area contributed by atoms with Crippen molar-refractivity contribution in [3.8, 4) is 0 Å². The Balaban J connectivity index is 1.93. The second kappa shape index (κ2) is 7.41. The minimum absolute atomic E-state index is 0.301. The smallest absolute Gasteiger partial charge is 0.337 e. The summed E-state index contributed by atoms with van der Waals surface area (Å²) in [5.41, 5.74) is 1.75. The van der Waals surface area contributed by atoms with Gasteiger partial charge in [0, 0.05) is 17.1 Å². The van der Waals surface area contributed by atoms with Gasteiger partial charge in [0.2, 0.25) is 0 Å². The second-order valence-electron chi connectivity index (χ2n) is 6.14. The van der Waals surface area contributed by atoms with E-state index in [9.17, 15) is 4.79 Å². The largest absolute Gasteiger partial charge is 0.465 e. The highest BCUT2D eigenvalue weighted by molar-refractivity contribution is 9.10. The third kappa shape index (κ3) is 4.30. The molecule has 1 aliphatic rings. The Bertz CT molecular complexity index is 504. The van der Waals surface area contributed by atoms with Crippen LogP contribution in [-0.4, -0.2) is 19.1 Å². The molecule has 21 heavy (non-hydrogen) atoms. The molecular weight excluding hydrogens is 330 g/mol. The van der Waals surface area contributed by atoms with Crippen molar-refractivity contribution >= 4 is 21.9 Å². The average molecular weight is 354 g/mol. The number of benzene rings is 1. The van der Waals surface area contributed by atoms with Crippen LogP contribution in [-0.2, 0) is 11.3 Å². The number of ether oxygens (including phenoxy) is 1. The molecule has 4 heteroatoms.